The molecule has 1 aliphatic carbocycles. The van der Waals surface area contributed by atoms with E-state index in [9.17, 15) is 9.59 Å². The van der Waals surface area contributed by atoms with Crippen molar-refractivity contribution >= 4 is 12.0 Å². The van der Waals surface area contributed by atoms with Gasteiger partial charge in [0.15, 0.2) is 0 Å². The van der Waals surface area contributed by atoms with Crippen molar-refractivity contribution in [2.45, 2.75) is 37.6 Å². The fourth-order valence-electron chi connectivity index (χ4n) is 2.46. The summed E-state index contributed by atoms with van der Waals surface area (Å²) >= 11 is 0. The molecule has 2 N–H and O–H groups in total. The monoisotopic (exact) mass is 271 g/mol. The number of carboxylic acids is 1. The summed E-state index contributed by atoms with van der Waals surface area (Å²) in [5.41, 5.74) is -0.546. The van der Waals surface area contributed by atoms with Gasteiger partial charge in [0, 0.05) is 20.1 Å². The van der Waals surface area contributed by atoms with E-state index in [0.29, 0.717) is 6.54 Å². The van der Waals surface area contributed by atoms with E-state index >= 15 is 0 Å². The topological polar surface area (TPSA) is 72.9 Å². The summed E-state index contributed by atoms with van der Waals surface area (Å²) in [6.07, 6.45) is 3.49. The molecule has 1 rings (SSSR count). The van der Waals surface area contributed by atoms with Crippen LogP contribution in [0.15, 0.2) is 0 Å². The van der Waals surface area contributed by atoms with E-state index in [1.54, 1.807) is 11.9 Å². The fourth-order valence-corrected chi connectivity index (χ4v) is 2.46. The van der Waals surface area contributed by atoms with Crippen LogP contribution in [0.3, 0.4) is 0 Å². The van der Waals surface area contributed by atoms with Crippen molar-refractivity contribution in [3.63, 3.8) is 0 Å². The number of carbonyl (C=O) groups is 2. The lowest BCUT2D eigenvalue weighted by Gasteiger charge is -2.31. The minimum Gasteiger partial charge on any atom is -0.481 e. The second-order valence-corrected chi connectivity index (χ2v) is 5.71. The van der Waals surface area contributed by atoms with Crippen molar-refractivity contribution in [2.75, 3.05) is 34.2 Å². The normalized spacial score (nSPS) is 17.5. The van der Waals surface area contributed by atoms with Crippen LogP contribution in [0, 0.1) is 0 Å². The molecule has 1 aliphatic rings. The van der Waals surface area contributed by atoms with E-state index < -0.39 is 11.5 Å². The van der Waals surface area contributed by atoms with Gasteiger partial charge in [-0.05, 0) is 26.9 Å². The molecule has 6 heteroatoms. The van der Waals surface area contributed by atoms with Crippen molar-refractivity contribution in [2.24, 2.45) is 0 Å². The lowest BCUT2D eigenvalue weighted by molar-refractivity contribution is -0.138. The smallest absolute Gasteiger partial charge is 0.317 e. The van der Waals surface area contributed by atoms with Crippen LogP contribution < -0.4 is 5.32 Å². The highest BCUT2D eigenvalue weighted by Gasteiger charge is 2.38. The Bertz CT molecular complexity index is 325. The van der Waals surface area contributed by atoms with Gasteiger partial charge < -0.3 is 20.2 Å². The third-order valence-corrected chi connectivity index (χ3v) is 3.65. The standard InChI is InChI=1S/C13H25N3O3/c1-15(2)8-9-16(3)12(19)14-13(10-11(17)18)6-4-5-7-13/h4-10H2,1-3H3,(H,14,19)(H,17,18). The summed E-state index contributed by atoms with van der Waals surface area (Å²) < 4.78 is 0. The molecule has 2 amide bonds. The zero-order valence-corrected chi connectivity index (χ0v) is 12.1. The fraction of sp³-hybridized carbons (Fsp3) is 0.846. The van der Waals surface area contributed by atoms with E-state index in [1.165, 1.54) is 0 Å². The molecule has 19 heavy (non-hydrogen) atoms. The zero-order chi connectivity index (χ0) is 14.5. The van der Waals surface area contributed by atoms with Crippen LogP contribution in [0.4, 0.5) is 4.79 Å². The van der Waals surface area contributed by atoms with Gasteiger partial charge in [-0.15, -0.1) is 0 Å². The molecular weight excluding hydrogens is 246 g/mol. The number of urea groups is 1. The number of nitrogens with zero attached hydrogens (tertiary/aromatic N) is 2. The Hall–Kier alpha value is -1.30. The summed E-state index contributed by atoms with van der Waals surface area (Å²) in [5.74, 6) is -0.849. The van der Waals surface area contributed by atoms with Gasteiger partial charge in [-0.1, -0.05) is 12.8 Å². The van der Waals surface area contributed by atoms with E-state index in [4.69, 9.17) is 5.11 Å². The summed E-state index contributed by atoms with van der Waals surface area (Å²) in [6.45, 7) is 1.41. The second-order valence-electron chi connectivity index (χ2n) is 5.71. The number of hydrogen-bond donors (Lipinski definition) is 2. The van der Waals surface area contributed by atoms with Gasteiger partial charge in [0.05, 0.1) is 12.0 Å². The molecule has 0 aromatic carbocycles. The highest BCUT2D eigenvalue weighted by atomic mass is 16.4. The highest BCUT2D eigenvalue weighted by molar-refractivity contribution is 5.76. The van der Waals surface area contributed by atoms with Crippen LogP contribution in [0.25, 0.3) is 0 Å². The molecule has 0 unspecified atom stereocenters. The molecule has 0 aliphatic heterocycles. The SMILES string of the molecule is CN(C)CCN(C)C(=O)NC1(CC(=O)O)CCCC1. The Morgan fingerprint density at radius 3 is 2.21 bits per heavy atom. The minimum atomic E-state index is -0.849. The number of likely N-dealkylation sites (N-methyl/N-ethyl adjacent to an activating group) is 2. The van der Waals surface area contributed by atoms with E-state index in [-0.39, 0.29) is 12.5 Å². The van der Waals surface area contributed by atoms with Gasteiger partial charge in [0.1, 0.15) is 0 Å². The molecular formula is C13H25N3O3. The quantitative estimate of drug-likeness (QED) is 0.755. The van der Waals surface area contributed by atoms with Gasteiger partial charge in [-0.2, -0.15) is 0 Å². The molecule has 0 radical (unpaired) electrons. The molecule has 0 spiro atoms. The zero-order valence-electron chi connectivity index (χ0n) is 12.1. The van der Waals surface area contributed by atoms with Crippen LogP contribution in [-0.2, 0) is 4.79 Å². The first-order valence-corrected chi connectivity index (χ1v) is 6.74. The molecule has 0 aromatic heterocycles. The molecule has 110 valence electrons. The lowest BCUT2D eigenvalue weighted by atomic mass is 9.93. The molecule has 0 saturated heterocycles. The summed E-state index contributed by atoms with van der Waals surface area (Å²) in [7, 11) is 5.64. The van der Waals surface area contributed by atoms with Crippen LogP contribution in [0.1, 0.15) is 32.1 Å². The van der Waals surface area contributed by atoms with E-state index in [1.807, 2.05) is 19.0 Å². The number of nitrogens with one attached hydrogen (secondary N) is 1. The number of carboxylic acid groups (broad SMARTS) is 1. The molecule has 1 fully saturated rings. The van der Waals surface area contributed by atoms with Crippen LogP contribution in [-0.4, -0.2) is 66.7 Å². The Kier molecular flexibility index (Phi) is 5.60. The van der Waals surface area contributed by atoms with Crippen molar-refractivity contribution in [1.82, 2.24) is 15.1 Å². The first-order valence-electron chi connectivity index (χ1n) is 6.74. The number of carbonyl (C=O) groups excluding carboxylic acids is 1. The summed E-state index contributed by atoms with van der Waals surface area (Å²) in [6, 6.07) is -0.176. The molecule has 0 heterocycles. The first-order chi connectivity index (χ1) is 8.84. The van der Waals surface area contributed by atoms with Crippen molar-refractivity contribution < 1.29 is 14.7 Å². The van der Waals surface area contributed by atoms with Crippen LogP contribution >= 0.6 is 0 Å². The Labute approximate surface area is 114 Å². The minimum absolute atomic E-state index is 0.0141. The van der Waals surface area contributed by atoms with Gasteiger partial charge >= 0.3 is 12.0 Å². The van der Waals surface area contributed by atoms with Gasteiger partial charge in [0.25, 0.3) is 0 Å². The van der Waals surface area contributed by atoms with Crippen molar-refractivity contribution in [3.05, 3.63) is 0 Å². The third kappa shape index (κ3) is 5.06. The number of aliphatic carboxylic acids is 1. The second kappa shape index (κ2) is 6.75. The third-order valence-electron chi connectivity index (χ3n) is 3.65. The maximum atomic E-state index is 12.1. The largest absolute Gasteiger partial charge is 0.481 e. The predicted octanol–water partition coefficient (Wildman–Crippen LogP) is 0.977. The van der Waals surface area contributed by atoms with Gasteiger partial charge in [-0.3, -0.25) is 4.79 Å². The Balaban J connectivity index is 2.54. The van der Waals surface area contributed by atoms with Crippen LogP contribution in [0.2, 0.25) is 0 Å². The van der Waals surface area contributed by atoms with Gasteiger partial charge in [-0.25, -0.2) is 4.79 Å². The maximum absolute atomic E-state index is 12.1. The molecule has 0 aromatic rings. The predicted molar refractivity (Wildman–Crippen MR) is 73.2 cm³/mol. The number of rotatable bonds is 6. The molecule has 6 nitrogen and oxygen atoms in total. The van der Waals surface area contributed by atoms with E-state index in [2.05, 4.69) is 5.32 Å². The average Bonchev–Trinajstić information content (AvgIpc) is 2.72. The van der Waals surface area contributed by atoms with Crippen molar-refractivity contribution in [1.29, 1.82) is 0 Å². The van der Waals surface area contributed by atoms with Crippen molar-refractivity contribution in [3.8, 4) is 0 Å². The average molecular weight is 271 g/mol. The van der Waals surface area contributed by atoms with Crippen LogP contribution in [0.5, 0.6) is 0 Å². The lowest BCUT2D eigenvalue weighted by Crippen LogP contribution is -2.52. The molecule has 0 bridgehead atoms. The van der Waals surface area contributed by atoms with Gasteiger partial charge in [0.2, 0.25) is 0 Å². The highest BCUT2D eigenvalue weighted by Crippen LogP contribution is 2.32. The number of amides is 2. The summed E-state index contributed by atoms with van der Waals surface area (Å²) in [5, 5.41) is 11.9. The van der Waals surface area contributed by atoms with E-state index in [0.717, 1.165) is 32.2 Å². The first kappa shape index (κ1) is 15.8. The Morgan fingerprint density at radius 2 is 1.74 bits per heavy atom. The number of hydrogen-bond acceptors (Lipinski definition) is 3. The molecule has 1 saturated carbocycles. The molecule has 0 atom stereocenters. The Morgan fingerprint density at radius 1 is 1.16 bits per heavy atom. The summed E-state index contributed by atoms with van der Waals surface area (Å²) in [4.78, 5) is 26.7. The maximum Gasteiger partial charge on any atom is 0.317 e.